The van der Waals surface area contributed by atoms with E-state index >= 15 is 0 Å². The number of cyclic esters (lactones) is 1. The standard InChI is InChI=1S/C37H61NO12/c1-10-28-21(4)35-37(7,50-35)15-13-25(40)19(2)17-24(14-16-39)33(20(3)27(42)18-29(43)47-28)49-36-32(44)31(38(8)9)34(23(6)46-36)48-30-12-11-26(41)22(5)45-30/h13,15-16,19-24,26-28,30-36,41-42,44H,10-12,14,17-18H2,1-9H3/b15-13+/t19-,20+,21-,22?,23?,24+,26?,27-,28-,30?,31?,32?,33-,34?,35+,36?,37-/m1/s1. The number of carbonyl (C=O) groups excluding carboxylic acids is 3. The molecule has 0 aromatic rings. The van der Waals surface area contributed by atoms with Gasteiger partial charge in [-0.15, -0.1) is 0 Å². The van der Waals surface area contributed by atoms with Gasteiger partial charge in [-0.2, -0.15) is 0 Å². The number of aliphatic hydroxyl groups excluding tert-OH is 3. The molecule has 4 heterocycles. The summed E-state index contributed by atoms with van der Waals surface area (Å²) < 4.78 is 37.0. The predicted octanol–water partition coefficient (Wildman–Crippen LogP) is 2.55. The van der Waals surface area contributed by atoms with Crippen LogP contribution in [-0.2, 0) is 42.8 Å². The normalized spacial score (nSPS) is 47.3. The zero-order chi connectivity index (χ0) is 37.1. The number of likely N-dealkylation sites (N-methyl/N-ethyl adjacent to an activating group) is 1. The summed E-state index contributed by atoms with van der Waals surface area (Å²) in [5.41, 5.74) is -0.675. The third-order valence-corrected chi connectivity index (χ3v) is 11.3. The second kappa shape index (κ2) is 17.3. The van der Waals surface area contributed by atoms with Crippen LogP contribution in [0.1, 0.15) is 87.0 Å². The largest absolute Gasteiger partial charge is 0.462 e. The molecule has 13 nitrogen and oxygen atoms in total. The Morgan fingerprint density at radius 3 is 2.28 bits per heavy atom. The molecule has 0 amide bonds. The van der Waals surface area contributed by atoms with Crippen molar-refractivity contribution in [3.63, 3.8) is 0 Å². The summed E-state index contributed by atoms with van der Waals surface area (Å²) in [7, 11) is 3.63. The molecule has 0 aromatic carbocycles. The van der Waals surface area contributed by atoms with Crippen LogP contribution in [0.2, 0.25) is 0 Å². The Kier molecular flexibility index (Phi) is 14.2. The van der Waals surface area contributed by atoms with Crippen molar-refractivity contribution in [2.24, 2.45) is 23.7 Å². The predicted molar refractivity (Wildman–Crippen MR) is 182 cm³/mol. The van der Waals surface area contributed by atoms with Crippen molar-refractivity contribution < 1.29 is 58.1 Å². The van der Waals surface area contributed by atoms with Crippen molar-refractivity contribution in [1.82, 2.24) is 4.90 Å². The lowest BCUT2D eigenvalue weighted by Crippen LogP contribution is -2.64. The Balaban J connectivity index is 1.61. The fourth-order valence-corrected chi connectivity index (χ4v) is 7.96. The van der Waals surface area contributed by atoms with Gasteiger partial charge in [0.15, 0.2) is 18.4 Å². The summed E-state index contributed by atoms with van der Waals surface area (Å²) in [4.78, 5) is 40.5. The average Bonchev–Trinajstić information content (AvgIpc) is 3.74. The molecule has 0 saturated carbocycles. The van der Waals surface area contributed by atoms with E-state index in [9.17, 15) is 29.7 Å². The van der Waals surface area contributed by atoms with Gasteiger partial charge in [-0.3, -0.25) is 9.59 Å². The number of aldehydes is 1. The smallest absolute Gasteiger partial charge is 0.308 e. The first-order valence-electron chi connectivity index (χ1n) is 18.4. The topological polar surface area (TPSA) is 174 Å². The van der Waals surface area contributed by atoms with Crippen LogP contribution >= 0.6 is 0 Å². The number of epoxide rings is 1. The van der Waals surface area contributed by atoms with Crippen LogP contribution < -0.4 is 0 Å². The van der Waals surface area contributed by atoms with E-state index < -0.39 is 96.8 Å². The number of aliphatic hydroxyl groups is 3. The number of rotatable bonds is 8. The minimum atomic E-state index is -1.23. The Hall–Kier alpha value is -1.81. The van der Waals surface area contributed by atoms with E-state index in [1.807, 2.05) is 46.7 Å². The van der Waals surface area contributed by atoms with Gasteiger partial charge in [0.2, 0.25) is 0 Å². The highest BCUT2D eigenvalue weighted by molar-refractivity contribution is 5.91. The fourth-order valence-electron chi connectivity index (χ4n) is 7.96. The van der Waals surface area contributed by atoms with Gasteiger partial charge in [0.1, 0.15) is 30.2 Å². The van der Waals surface area contributed by atoms with Gasteiger partial charge in [-0.05, 0) is 72.2 Å². The Bertz CT molecular complexity index is 1180. The zero-order valence-electron chi connectivity index (χ0n) is 31.2. The third-order valence-electron chi connectivity index (χ3n) is 11.3. The summed E-state index contributed by atoms with van der Waals surface area (Å²) in [6, 6.07) is -0.603. The van der Waals surface area contributed by atoms with Crippen LogP contribution in [0.4, 0.5) is 0 Å². The van der Waals surface area contributed by atoms with Crippen LogP contribution in [0.15, 0.2) is 12.2 Å². The summed E-state index contributed by atoms with van der Waals surface area (Å²) in [5, 5.41) is 33.4. The van der Waals surface area contributed by atoms with E-state index in [-0.39, 0.29) is 37.1 Å². The minimum Gasteiger partial charge on any atom is -0.462 e. The summed E-state index contributed by atoms with van der Waals surface area (Å²) in [5.74, 6) is -2.66. The van der Waals surface area contributed by atoms with Crippen molar-refractivity contribution in [1.29, 1.82) is 0 Å². The van der Waals surface area contributed by atoms with E-state index in [1.54, 1.807) is 26.8 Å². The highest BCUT2D eigenvalue weighted by Crippen LogP contribution is 2.45. The van der Waals surface area contributed by atoms with Gasteiger partial charge in [0.05, 0.1) is 49.1 Å². The van der Waals surface area contributed by atoms with Crippen molar-refractivity contribution >= 4 is 18.0 Å². The molecular weight excluding hydrogens is 650 g/mol. The number of hydrogen-bond acceptors (Lipinski definition) is 13. The summed E-state index contributed by atoms with van der Waals surface area (Å²) >= 11 is 0. The first-order valence-corrected chi connectivity index (χ1v) is 18.4. The van der Waals surface area contributed by atoms with Gasteiger partial charge >= 0.3 is 5.97 Å². The van der Waals surface area contributed by atoms with Gasteiger partial charge < -0.3 is 53.4 Å². The molecule has 286 valence electrons. The Morgan fingerprint density at radius 2 is 1.66 bits per heavy atom. The van der Waals surface area contributed by atoms with Crippen LogP contribution in [0.5, 0.6) is 0 Å². The quantitative estimate of drug-likeness (QED) is 0.191. The molecule has 0 bridgehead atoms. The number of nitrogens with zero attached hydrogens (tertiary/aromatic N) is 1. The molecule has 4 rings (SSSR count). The minimum absolute atomic E-state index is 0.0100. The molecule has 13 heteroatoms. The highest BCUT2D eigenvalue weighted by atomic mass is 16.7. The average molecular weight is 712 g/mol. The van der Waals surface area contributed by atoms with E-state index in [0.29, 0.717) is 19.3 Å². The molecule has 50 heavy (non-hydrogen) atoms. The van der Waals surface area contributed by atoms with Crippen LogP contribution in [0, 0.1) is 23.7 Å². The van der Waals surface area contributed by atoms with E-state index in [2.05, 4.69) is 0 Å². The molecule has 0 radical (unpaired) electrons. The number of ether oxygens (including phenoxy) is 6. The molecule has 3 fully saturated rings. The molecule has 8 unspecified atom stereocenters. The van der Waals surface area contributed by atoms with Crippen LogP contribution in [-0.4, -0.2) is 132 Å². The number of allylic oxidation sites excluding steroid dienone is 1. The molecule has 4 aliphatic heterocycles. The van der Waals surface area contributed by atoms with Gasteiger partial charge in [0, 0.05) is 30.6 Å². The number of esters is 1. The molecule has 0 aromatic heterocycles. The second-order valence-corrected chi connectivity index (χ2v) is 15.5. The zero-order valence-corrected chi connectivity index (χ0v) is 31.2. The van der Waals surface area contributed by atoms with Gasteiger partial charge in [-0.1, -0.05) is 27.7 Å². The fraction of sp³-hybridized carbons (Fsp3) is 0.865. The van der Waals surface area contributed by atoms with Crippen molar-refractivity contribution in [2.45, 2.75) is 166 Å². The molecule has 0 spiro atoms. The Morgan fingerprint density at radius 1 is 0.960 bits per heavy atom. The second-order valence-electron chi connectivity index (χ2n) is 15.5. The number of fused-ring (bicyclic) bond motifs is 1. The van der Waals surface area contributed by atoms with Crippen LogP contribution in [0.3, 0.4) is 0 Å². The maximum Gasteiger partial charge on any atom is 0.308 e. The maximum absolute atomic E-state index is 13.4. The van der Waals surface area contributed by atoms with Gasteiger partial charge in [0.25, 0.3) is 0 Å². The molecule has 3 saturated heterocycles. The highest BCUT2D eigenvalue weighted by Gasteiger charge is 2.55. The first-order chi connectivity index (χ1) is 23.5. The lowest BCUT2D eigenvalue weighted by Gasteiger charge is -2.49. The third kappa shape index (κ3) is 9.59. The molecule has 0 aliphatic carbocycles. The number of ketones is 1. The van der Waals surface area contributed by atoms with Crippen molar-refractivity contribution in [3.05, 3.63) is 12.2 Å². The summed E-state index contributed by atoms with van der Waals surface area (Å²) in [6.45, 7) is 12.9. The van der Waals surface area contributed by atoms with Crippen LogP contribution in [0.25, 0.3) is 0 Å². The molecule has 3 N–H and O–H groups in total. The molecule has 4 aliphatic rings. The van der Waals surface area contributed by atoms with Crippen molar-refractivity contribution in [2.75, 3.05) is 14.1 Å². The Labute approximate surface area is 296 Å². The molecule has 17 atom stereocenters. The SMILES string of the molecule is CC[C@H]1OC(=O)C[C@@H](O)[C@H](C)[C@@H](OC2OC(C)C(OC3CCC(O)C(C)O3)C(N(C)C)C2O)[C@@H](CC=O)C[C@@H](C)C(=O)/C=C/[C@@]2(C)O[C@H]2[C@@H]1C. The first kappa shape index (κ1) is 41.0. The number of hydrogen-bond donors (Lipinski definition) is 3. The van der Waals surface area contributed by atoms with E-state index in [4.69, 9.17) is 28.4 Å². The maximum atomic E-state index is 13.4. The lowest BCUT2D eigenvalue weighted by atomic mass is 9.79. The summed E-state index contributed by atoms with van der Waals surface area (Å²) in [6.07, 6.45) is -2.51. The van der Waals surface area contributed by atoms with E-state index in [0.717, 1.165) is 6.29 Å². The lowest BCUT2D eigenvalue weighted by molar-refractivity contribution is -0.332. The van der Waals surface area contributed by atoms with Gasteiger partial charge in [-0.25, -0.2) is 0 Å². The van der Waals surface area contributed by atoms with E-state index in [1.165, 1.54) is 6.08 Å². The monoisotopic (exact) mass is 711 g/mol. The van der Waals surface area contributed by atoms with Crippen molar-refractivity contribution in [3.8, 4) is 0 Å². The molecular formula is C37H61NO12. The number of carbonyl (C=O) groups is 3.